The highest BCUT2D eigenvalue weighted by Gasteiger charge is 2.20. The van der Waals surface area contributed by atoms with Crippen molar-refractivity contribution in [3.63, 3.8) is 0 Å². The Kier molecular flexibility index (Phi) is 3.51. The summed E-state index contributed by atoms with van der Waals surface area (Å²) < 4.78 is 5.02. The first-order valence-corrected chi connectivity index (χ1v) is 5.52. The van der Waals surface area contributed by atoms with E-state index in [0.717, 1.165) is 12.5 Å². The van der Waals surface area contributed by atoms with E-state index in [4.69, 9.17) is 4.74 Å². The van der Waals surface area contributed by atoms with Gasteiger partial charge in [-0.25, -0.2) is 0 Å². The zero-order chi connectivity index (χ0) is 11.4. The van der Waals surface area contributed by atoms with Crippen LogP contribution in [0.3, 0.4) is 0 Å². The molecule has 0 radical (unpaired) electrons. The summed E-state index contributed by atoms with van der Waals surface area (Å²) in [7, 11) is 1.57. The van der Waals surface area contributed by atoms with Crippen LogP contribution in [0.2, 0.25) is 0 Å². The van der Waals surface area contributed by atoms with Crippen molar-refractivity contribution in [2.24, 2.45) is 5.92 Å². The van der Waals surface area contributed by atoms with Crippen molar-refractivity contribution in [3.05, 3.63) is 24.0 Å². The topological polar surface area (TPSA) is 51.2 Å². The molecule has 0 unspecified atom stereocenters. The van der Waals surface area contributed by atoms with Gasteiger partial charge in [0.25, 0.3) is 0 Å². The Hall–Kier alpha value is -1.42. The van der Waals surface area contributed by atoms with Crippen LogP contribution in [-0.2, 0) is 0 Å². The second-order valence-corrected chi connectivity index (χ2v) is 4.11. The third kappa shape index (κ3) is 3.03. The molecule has 86 valence electrons. The zero-order valence-corrected chi connectivity index (χ0v) is 9.40. The molecule has 0 amide bonds. The number of nitrogens with one attached hydrogen (secondary N) is 1. The number of hydrogen-bond donors (Lipinski definition) is 1. The van der Waals surface area contributed by atoms with Gasteiger partial charge >= 0.3 is 0 Å². The number of Topliss-reactive ketones (excluding diaryl/α,β-unsaturated/α-hetero) is 1. The summed E-state index contributed by atoms with van der Waals surface area (Å²) >= 11 is 0. The second kappa shape index (κ2) is 5.07. The Morgan fingerprint density at radius 2 is 2.38 bits per heavy atom. The smallest absolute Gasteiger partial charge is 0.178 e. The van der Waals surface area contributed by atoms with Crippen LogP contribution in [-0.4, -0.2) is 31.0 Å². The summed E-state index contributed by atoms with van der Waals surface area (Å²) in [5.41, 5.74) is 0.600. The molecule has 2 rings (SSSR count). The fraction of sp³-hybridized carbons (Fsp3) is 0.500. The van der Waals surface area contributed by atoms with Crippen LogP contribution >= 0.6 is 0 Å². The van der Waals surface area contributed by atoms with E-state index in [1.54, 1.807) is 25.6 Å². The minimum atomic E-state index is 0.0621. The van der Waals surface area contributed by atoms with Crippen molar-refractivity contribution in [2.45, 2.75) is 12.8 Å². The number of ketones is 1. The van der Waals surface area contributed by atoms with Gasteiger partial charge in [0.2, 0.25) is 0 Å². The summed E-state index contributed by atoms with van der Waals surface area (Å²) in [6, 6.07) is 1.72. The molecule has 16 heavy (non-hydrogen) atoms. The van der Waals surface area contributed by atoms with E-state index >= 15 is 0 Å². The number of hydrogen-bond acceptors (Lipinski definition) is 4. The standard InChI is InChI=1S/C12H16N2O2/c1-16-11-4-10(6-14-7-11)12(15)8-13-5-9-2-3-9/h4,6-7,9,13H,2-3,5,8H2,1H3. The predicted octanol–water partition coefficient (Wildman–Crippen LogP) is 1.27. The fourth-order valence-corrected chi connectivity index (χ4v) is 1.50. The monoisotopic (exact) mass is 220 g/mol. The SMILES string of the molecule is COc1cncc(C(=O)CNCC2CC2)c1. The summed E-state index contributed by atoms with van der Waals surface area (Å²) in [5.74, 6) is 1.47. The third-order valence-corrected chi connectivity index (χ3v) is 2.69. The maximum absolute atomic E-state index is 11.8. The van der Waals surface area contributed by atoms with Crippen molar-refractivity contribution in [1.82, 2.24) is 10.3 Å². The van der Waals surface area contributed by atoms with Gasteiger partial charge in [0.15, 0.2) is 5.78 Å². The van der Waals surface area contributed by atoms with Crippen LogP contribution in [0.25, 0.3) is 0 Å². The first-order chi connectivity index (χ1) is 7.79. The lowest BCUT2D eigenvalue weighted by molar-refractivity contribution is 0.0990. The molecule has 1 heterocycles. The molecule has 0 aromatic carbocycles. The fourth-order valence-electron chi connectivity index (χ4n) is 1.50. The Bertz CT molecular complexity index is 375. The van der Waals surface area contributed by atoms with Crippen molar-refractivity contribution >= 4 is 5.78 Å². The first kappa shape index (κ1) is 11.1. The Morgan fingerprint density at radius 3 is 3.06 bits per heavy atom. The molecule has 1 aliphatic rings. The van der Waals surface area contributed by atoms with Crippen molar-refractivity contribution in [2.75, 3.05) is 20.2 Å². The number of methoxy groups -OCH3 is 1. The minimum absolute atomic E-state index is 0.0621. The molecule has 4 nitrogen and oxygen atoms in total. The van der Waals surface area contributed by atoms with E-state index in [1.807, 2.05) is 0 Å². The Morgan fingerprint density at radius 1 is 1.56 bits per heavy atom. The van der Waals surface area contributed by atoms with Gasteiger partial charge in [0, 0.05) is 11.8 Å². The molecule has 0 atom stereocenters. The number of rotatable bonds is 6. The number of aromatic nitrogens is 1. The molecule has 1 N–H and O–H groups in total. The molecule has 0 saturated heterocycles. The van der Waals surface area contributed by atoms with Gasteiger partial charge < -0.3 is 10.1 Å². The van der Waals surface area contributed by atoms with Gasteiger partial charge in [0.05, 0.1) is 19.9 Å². The van der Waals surface area contributed by atoms with Gasteiger partial charge in [-0.05, 0) is 31.4 Å². The van der Waals surface area contributed by atoms with Crippen LogP contribution in [0.4, 0.5) is 0 Å². The summed E-state index contributed by atoms with van der Waals surface area (Å²) in [5, 5.41) is 3.16. The van der Waals surface area contributed by atoms with Gasteiger partial charge in [-0.15, -0.1) is 0 Å². The highest BCUT2D eigenvalue weighted by atomic mass is 16.5. The maximum Gasteiger partial charge on any atom is 0.178 e. The number of nitrogens with zero attached hydrogens (tertiary/aromatic N) is 1. The van der Waals surface area contributed by atoms with E-state index in [0.29, 0.717) is 17.9 Å². The molecule has 1 aliphatic carbocycles. The molecule has 1 aromatic rings. The maximum atomic E-state index is 11.8. The number of ether oxygens (including phenoxy) is 1. The molecule has 4 heteroatoms. The summed E-state index contributed by atoms with van der Waals surface area (Å²) in [4.78, 5) is 15.7. The summed E-state index contributed by atoms with van der Waals surface area (Å²) in [6.07, 6.45) is 5.75. The van der Waals surface area contributed by atoms with Gasteiger partial charge in [0.1, 0.15) is 5.75 Å². The quantitative estimate of drug-likeness (QED) is 0.733. The summed E-state index contributed by atoms with van der Waals surface area (Å²) in [6.45, 7) is 1.33. The van der Waals surface area contributed by atoms with E-state index in [2.05, 4.69) is 10.3 Å². The number of carbonyl (C=O) groups excluding carboxylic acids is 1. The Labute approximate surface area is 95.0 Å². The van der Waals surface area contributed by atoms with Crippen LogP contribution in [0.1, 0.15) is 23.2 Å². The molecule has 0 bridgehead atoms. The lowest BCUT2D eigenvalue weighted by atomic mass is 10.2. The largest absolute Gasteiger partial charge is 0.495 e. The van der Waals surface area contributed by atoms with Crippen LogP contribution in [0, 0.1) is 5.92 Å². The minimum Gasteiger partial charge on any atom is -0.495 e. The number of pyridine rings is 1. The van der Waals surface area contributed by atoms with Crippen LogP contribution in [0.5, 0.6) is 5.75 Å². The van der Waals surface area contributed by atoms with Crippen molar-refractivity contribution in [3.8, 4) is 5.75 Å². The zero-order valence-electron chi connectivity index (χ0n) is 9.40. The lowest BCUT2D eigenvalue weighted by Gasteiger charge is -2.04. The Balaban J connectivity index is 1.86. The predicted molar refractivity (Wildman–Crippen MR) is 60.7 cm³/mol. The molecular weight excluding hydrogens is 204 g/mol. The van der Waals surface area contributed by atoms with E-state index in [1.165, 1.54) is 12.8 Å². The molecule has 1 aromatic heterocycles. The first-order valence-electron chi connectivity index (χ1n) is 5.52. The normalized spacial score (nSPS) is 14.8. The molecular formula is C12H16N2O2. The lowest BCUT2D eigenvalue weighted by Crippen LogP contribution is -2.25. The van der Waals surface area contributed by atoms with Crippen LogP contribution in [0.15, 0.2) is 18.5 Å². The van der Waals surface area contributed by atoms with Gasteiger partial charge in [-0.2, -0.15) is 0 Å². The van der Waals surface area contributed by atoms with Crippen molar-refractivity contribution < 1.29 is 9.53 Å². The van der Waals surface area contributed by atoms with Gasteiger partial charge in [-0.3, -0.25) is 9.78 Å². The highest BCUT2D eigenvalue weighted by Crippen LogP contribution is 2.27. The molecule has 1 fully saturated rings. The third-order valence-electron chi connectivity index (χ3n) is 2.69. The van der Waals surface area contributed by atoms with E-state index in [9.17, 15) is 4.79 Å². The second-order valence-electron chi connectivity index (χ2n) is 4.11. The average molecular weight is 220 g/mol. The van der Waals surface area contributed by atoms with E-state index < -0.39 is 0 Å². The highest BCUT2D eigenvalue weighted by molar-refractivity contribution is 5.97. The van der Waals surface area contributed by atoms with E-state index in [-0.39, 0.29) is 5.78 Å². The molecule has 0 spiro atoms. The number of carbonyl (C=O) groups is 1. The van der Waals surface area contributed by atoms with Crippen molar-refractivity contribution in [1.29, 1.82) is 0 Å². The van der Waals surface area contributed by atoms with Gasteiger partial charge in [-0.1, -0.05) is 0 Å². The average Bonchev–Trinajstić information content (AvgIpc) is 3.13. The molecule has 1 saturated carbocycles. The molecule has 0 aliphatic heterocycles. The van der Waals surface area contributed by atoms with Crippen LogP contribution < -0.4 is 10.1 Å².